The molecular weight excluding hydrogens is 140 g/mol. The van der Waals surface area contributed by atoms with Crippen molar-refractivity contribution in [2.24, 2.45) is 0 Å². The van der Waals surface area contributed by atoms with Gasteiger partial charge in [0.1, 0.15) is 12.4 Å². The molecule has 0 fully saturated rings. The molecule has 0 aliphatic rings. The molecule has 0 aromatic carbocycles. The van der Waals surface area contributed by atoms with Crippen molar-refractivity contribution in [3.05, 3.63) is 18.2 Å². The Morgan fingerprint density at radius 2 is 2.40 bits per heavy atom. The first kappa shape index (κ1) is 6.68. The number of hydrogen-bond donors (Lipinski definition) is 0. The molecule has 5 heteroatoms. The quantitative estimate of drug-likeness (QED) is 0.591. The predicted molar refractivity (Wildman–Crippen MR) is 28.2 cm³/mol. The number of alkyl halides is 2. The standard InChI is InChI=1S/C5H3F2N3/c6-5(7)10-2-4(1-8)9-3-10/h2-3,5H. The molecule has 0 saturated heterocycles. The molecule has 0 atom stereocenters. The average Bonchev–Trinajstić information content (AvgIpc) is 2.34. The Kier molecular flexibility index (Phi) is 1.63. The molecule has 0 bridgehead atoms. The van der Waals surface area contributed by atoms with Crippen LogP contribution in [0.2, 0.25) is 0 Å². The Morgan fingerprint density at radius 3 is 2.70 bits per heavy atom. The summed E-state index contributed by atoms with van der Waals surface area (Å²) in [6.07, 6.45) is 1.91. The van der Waals surface area contributed by atoms with Gasteiger partial charge >= 0.3 is 6.55 Å². The molecule has 0 N–H and O–H groups in total. The van der Waals surface area contributed by atoms with Crippen LogP contribution in [-0.4, -0.2) is 9.55 Å². The number of nitriles is 1. The number of nitrogens with zero attached hydrogens (tertiary/aromatic N) is 3. The Hall–Kier alpha value is -1.44. The number of halogens is 2. The first-order chi connectivity index (χ1) is 4.74. The van der Waals surface area contributed by atoms with Gasteiger partial charge < -0.3 is 0 Å². The summed E-state index contributed by atoms with van der Waals surface area (Å²) < 4.78 is 24.0. The Bertz CT molecular complexity index is 260. The molecule has 1 heterocycles. The molecule has 1 rings (SSSR count). The fourth-order valence-corrected chi connectivity index (χ4v) is 0.501. The van der Waals surface area contributed by atoms with Crippen LogP contribution in [0.5, 0.6) is 0 Å². The van der Waals surface area contributed by atoms with Crippen molar-refractivity contribution >= 4 is 0 Å². The maximum atomic E-state index is 11.7. The van der Waals surface area contributed by atoms with E-state index in [0.717, 1.165) is 12.5 Å². The monoisotopic (exact) mass is 143 g/mol. The van der Waals surface area contributed by atoms with Crippen LogP contribution < -0.4 is 0 Å². The zero-order valence-electron chi connectivity index (χ0n) is 4.83. The van der Waals surface area contributed by atoms with Crippen molar-refractivity contribution in [2.45, 2.75) is 6.55 Å². The van der Waals surface area contributed by atoms with Crippen molar-refractivity contribution in [3.63, 3.8) is 0 Å². The minimum absolute atomic E-state index is 0.000278. The van der Waals surface area contributed by atoms with E-state index in [1.165, 1.54) is 0 Å². The third kappa shape index (κ3) is 1.10. The molecular formula is C5H3F2N3. The molecule has 0 aliphatic heterocycles. The van der Waals surface area contributed by atoms with E-state index in [2.05, 4.69) is 4.98 Å². The average molecular weight is 143 g/mol. The van der Waals surface area contributed by atoms with Gasteiger partial charge in [0, 0.05) is 6.20 Å². The fraction of sp³-hybridized carbons (Fsp3) is 0.200. The third-order valence-corrected chi connectivity index (χ3v) is 0.941. The molecule has 1 aromatic heterocycles. The number of imidazole rings is 1. The van der Waals surface area contributed by atoms with Crippen LogP contribution in [0.3, 0.4) is 0 Å². The summed E-state index contributed by atoms with van der Waals surface area (Å²) >= 11 is 0. The highest BCUT2D eigenvalue weighted by Crippen LogP contribution is 2.08. The van der Waals surface area contributed by atoms with E-state index in [1.807, 2.05) is 0 Å². The van der Waals surface area contributed by atoms with Gasteiger partial charge in [-0.05, 0) is 0 Å². The molecule has 0 unspecified atom stereocenters. The molecule has 1 aromatic rings. The van der Waals surface area contributed by atoms with E-state index >= 15 is 0 Å². The minimum Gasteiger partial charge on any atom is -0.279 e. The molecule has 0 amide bonds. The summed E-state index contributed by atoms with van der Waals surface area (Å²) in [6, 6.07) is 1.64. The van der Waals surface area contributed by atoms with E-state index in [-0.39, 0.29) is 5.69 Å². The predicted octanol–water partition coefficient (Wildman–Crippen LogP) is 1.15. The molecule has 3 nitrogen and oxygen atoms in total. The van der Waals surface area contributed by atoms with Crippen molar-refractivity contribution in [1.29, 1.82) is 5.26 Å². The van der Waals surface area contributed by atoms with Crippen LogP contribution >= 0.6 is 0 Å². The van der Waals surface area contributed by atoms with E-state index in [4.69, 9.17) is 5.26 Å². The number of rotatable bonds is 1. The fourth-order valence-electron chi connectivity index (χ4n) is 0.501. The van der Waals surface area contributed by atoms with Crippen LogP contribution in [0.25, 0.3) is 0 Å². The summed E-state index contributed by atoms with van der Waals surface area (Å²) in [7, 11) is 0. The summed E-state index contributed by atoms with van der Waals surface area (Å²) in [5.74, 6) is 0. The van der Waals surface area contributed by atoms with Gasteiger partial charge in [-0.2, -0.15) is 14.0 Å². The zero-order valence-corrected chi connectivity index (χ0v) is 4.83. The highest BCUT2D eigenvalue weighted by atomic mass is 19.3. The molecule has 52 valence electrons. The van der Waals surface area contributed by atoms with E-state index in [0.29, 0.717) is 4.57 Å². The van der Waals surface area contributed by atoms with Gasteiger partial charge in [-0.25, -0.2) is 4.98 Å². The van der Waals surface area contributed by atoms with Gasteiger partial charge in [-0.15, -0.1) is 0 Å². The van der Waals surface area contributed by atoms with E-state index in [9.17, 15) is 8.78 Å². The third-order valence-electron chi connectivity index (χ3n) is 0.941. The molecule has 0 spiro atoms. The summed E-state index contributed by atoms with van der Waals surface area (Å²) in [5, 5.41) is 8.16. The summed E-state index contributed by atoms with van der Waals surface area (Å²) in [4.78, 5) is 3.38. The molecule has 0 radical (unpaired) electrons. The van der Waals surface area contributed by atoms with Crippen LogP contribution in [-0.2, 0) is 0 Å². The van der Waals surface area contributed by atoms with Crippen LogP contribution in [0, 0.1) is 11.3 Å². The normalized spacial score (nSPS) is 9.80. The Balaban J connectivity index is 2.91. The molecule has 0 saturated carbocycles. The van der Waals surface area contributed by atoms with Crippen molar-refractivity contribution < 1.29 is 8.78 Å². The lowest BCUT2D eigenvalue weighted by Crippen LogP contribution is -1.92. The summed E-state index contributed by atoms with van der Waals surface area (Å²) in [6.45, 7) is -2.62. The highest BCUT2D eigenvalue weighted by Gasteiger charge is 2.05. The van der Waals surface area contributed by atoms with E-state index < -0.39 is 6.55 Å². The second-order valence-electron chi connectivity index (χ2n) is 1.60. The molecule has 0 aliphatic carbocycles. The van der Waals surface area contributed by atoms with Gasteiger partial charge in [0.05, 0.1) is 0 Å². The van der Waals surface area contributed by atoms with Crippen molar-refractivity contribution in [3.8, 4) is 6.07 Å². The number of aromatic nitrogens is 2. The SMILES string of the molecule is N#Cc1cn(C(F)F)cn1. The first-order valence-corrected chi connectivity index (χ1v) is 2.46. The van der Waals surface area contributed by atoms with Gasteiger partial charge in [-0.3, -0.25) is 4.57 Å². The lowest BCUT2D eigenvalue weighted by Gasteiger charge is -1.94. The highest BCUT2D eigenvalue weighted by molar-refractivity contribution is 5.15. The lowest BCUT2D eigenvalue weighted by molar-refractivity contribution is 0.0701. The van der Waals surface area contributed by atoms with Crippen LogP contribution in [0.4, 0.5) is 8.78 Å². The zero-order chi connectivity index (χ0) is 7.56. The van der Waals surface area contributed by atoms with Gasteiger partial charge in [-0.1, -0.05) is 0 Å². The van der Waals surface area contributed by atoms with E-state index in [1.54, 1.807) is 6.07 Å². The number of hydrogen-bond acceptors (Lipinski definition) is 2. The largest absolute Gasteiger partial charge is 0.319 e. The first-order valence-electron chi connectivity index (χ1n) is 2.46. The minimum atomic E-state index is -2.62. The lowest BCUT2D eigenvalue weighted by atomic mass is 10.5. The Labute approximate surface area is 55.5 Å². The summed E-state index contributed by atoms with van der Waals surface area (Å²) in [5.41, 5.74) is 0.000278. The Morgan fingerprint density at radius 1 is 1.70 bits per heavy atom. The second kappa shape index (κ2) is 2.43. The van der Waals surface area contributed by atoms with Crippen molar-refractivity contribution in [2.75, 3.05) is 0 Å². The van der Waals surface area contributed by atoms with Gasteiger partial charge in [0.25, 0.3) is 0 Å². The van der Waals surface area contributed by atoms with Gasteiger partial charge in [0.15, 0.2) is 5.69 Å². The smallest absolute Gasteiger partial charge is 0.279 e. The van der Waals surface area contributed by atoms with Gasteiger partial charge in [0.2, 0.25) is 0 Å². The second-order valence-corrected chi connectivity index (χ2v) is 1.60. The maximum Gasteiger partial charge on any atom is 0.319 e. The van der Waals surface area contributed by atoms with Crippen LogP contribution in [0.1, 0.15) is 12.2 Å². The molecule has 10 heavy (non-hydrogen) atoms. The topological polar surface area (TPSA) is 41.6 Å². The maximum absolute atomic E-state index is 11.7. The van der Waals surface area contributed by atoms with Crippen molar-refractivity contribution in [1.82, 2.24) is 9.55 Å². The van der Waals surface area contributed by atoms with Crippen LogP contribution in [0.15, 0.2) is 12.5 Å².